The first kappa shape index (κ1) is 14.0. The van der Waals surface area contributed by atoms with Crippen molar-refractivity contribution in [2.45, 2.75) is 26.4 Å². The van der Waals surface area contributed by atoms with Crippen molar-refractivity contribution in [1.29, 1.82) is 0 Å². The number of nitrogens with zero attached hydrogens (tertiary/aromatic N) is 2. The molecule has 1 heterocycles. The maximum absolute atomic E-state index is 9.27. The zero-order valence-electron chi connectivity index (χ0n) is 10.6. The Balaban J connectivity index is 2.27. The van der Waals surface area contributed by atoms with Crippen LogP contribution in [0.4, 0.5) is 0 Å². The van der Waals surface area contributed by atoms with Crippen molar-refractivity contribution >= 4 is 15.9 Å². The van der Waals surface area contributed by atoms with Gasteiger partial charge in [-0.3, -0.25) is 0 Å². The molecule has 0 atom stereocenters. The van der Waals surface area contributed by atoms with E-state index in [1.165, 1.54) is 0 Å². The number of aromatic nitrogens is 2. The Bertz CT molecular complexity index is 561. The molecule has 0 amide bonds. The van der Waals surface area contributed by atoms with E-state index in [0.29, 0.717) is 16.2 Å². The molecule has 100 valence electrons. The number of rotatable bonds is 5. The van der Waals surface area contributed by atoms with Crippen LogP contribution in [-0.2, 0) is 13.0 Å². The van der Waals surface area contributed by atoms with Gasteiger partial charge >= 0.3 is 0 Å². The van der Waals surface area contributed by atoms with Crippen LogP contribution >= 0.6 is 15.9 Å². The first-order chi connectivity index (χ1) is 9.22. The van der Waals surface area contributed by atoms with E-state index in [2.05, 4.69) is 32.8 Å². The summed E-state index contributed by atoms with van der Waals surface area (Å²) in [5.74, 6) is 1.83. The van der Waals surface area contributed by atoms with Gasteiger partial charge < -0.3 is 9.84 Å². The lowest BCUT2D eigenvalue weighted by Crippen LogP contribution is -1.99. The number of para-hydroxylation sites is 1. The molecule has 1 aromatic carbocycles. The van der Waals surface area contributed by atoms with Gasteiger partial charge in [0.25, 0.3) is 0 Å². The molecule has 0 unspecified atom stereocenters. The number of ether oxygens (including phenoxy) is 1. The smallest absolute Gasteiger partial charge is 0.223 e. The third kappa shape index (κ3) is 3.75. The van der Waals surface area contributed by atoms with Gasteiger partial charge in [-0.1, -0.05) is 25.1 Å². The van der Waals surface area contributed by atoms with E-state index in [9.17, 15) is 5.11 Å². The summed E-state index contributed by atoms with van der Waals surface area (Å²) in [6.07, 6.45) is 1.78. The normalized spacial score (nSPS) is 10.5. The van der Waals surface area contributed by atoms with Gasteiger partial charge in [0, 0.05) is 18.1 Å². The average molecular weight is 323 g/mol. The lowest BCUT2D eigenvalue weighted by atomic mass is 10.2. The van der Waals surface area contributed by atoms with E-state index in [0.717, 1.165) is 24.2 Å². The van der Waals surface area contributed by atoms with Gasteiger partial charge in [0.2, 0.25) is 5.88 Å². The fraction of sp³-hybridized carbons (Fsp3) is 0.286. The first-order valence-electron chi connectivity index (χ1n) is 6.13. The number of hydrogen-bond acceptors (Lipinski definition) is 4. The van der Waals surface area contributed by atoms with Crippen LogP contribution in [0.3, 0.4) is 0 Å². The summed E-state index contributed by atoms with van der Waals surface area (Å²) < 4.78 is 6.42. The maximum Gasteiger partial charge on any atom is 0.223 e. The van der Waals surface area contributed by atoms with Crippen LogP contribution in [0.2, 0.25) is 0 Å². The van der Waals surface area contributed by atoms with Crippen LogP contribution in [0.25, 0.3) is 0 Å². The number of halogens is 1. The highest BCUT2D eigenvalue weighted by molar-refractivity contribution is 9.10. The van der Waals surface area contributed by atoms with Crippen LogP contribution in [0.15, 0.2) is 34.9 Å². The minimum atomic E-state index is -0.0652. The summed E-state index contributed by atoms with van der Waals surface area (Å²) >= 11 is 3.35. The predicted molar refractivity (Wildman–Crippen MR) is 76.2 cm³/mol. The van der Waals surface area contributed by atoms with Crippen LogP contribution in [0.5, 0.6) is 11.6 Å². The molecule has 5 heteroatoms. The Morgan fingerprint density at radius 3 is 2.79 bits per heavy atom. The van der Waals surface area contributed by atoms with E-state index in [1.807, 2.05) is 18.2 Å². The SMILES string of the molecule is CCCc1nc(Br)cc(Oc2ccccc2CO)n1. The fourth-order valence-corrected chi connectivity index (χ4v) is 2.08. The summed E-state index contributed by atoms with van der Waals surface area (Å²) in [7, 11) is 0. The quantitative estimate of drug-likeness (QED) is 0.856. The minimum Gasteiger partial charge on any atom is -0.438 e. The van der Waals surface area contributed by atoms with Crippen molar-refractivity contribution in [2.24, 2.45) is 0 Å². The Labute approximate surface area is 120 Å². The fourth-order valence-electron chi connectivity index (χ4n) is 1.68. The van der Waals surface area contributed by atoms with Gasteiger partial charge in [-0.2, -0.15) is 4.98 Å². The molecule has 1 aromatic heterocycles. The molecule has 1 N–H and O–H groups in total. The third-order valence-corrected chi connectivity index (χ3v) is 2.96. The van der Waals surface area contributed by atoms with Gasteiger partial charge in [0.15, 0.2) is 0 Å². The Hall–Kier alpha value is -1.46. The molecule has 0 saturated carbocycles. The Morgan fingerprint density at radius 1 is 1.26 bits per heavy atom. The number of aryl methyl sites for hydroxylation is 1. The molecular formula is C14H15BrN2O2. The van der Waals surface area contributed by atoms with Gasteiger partial charge in [0.1, 0.15) is 16.2 Å². The molecule has 0 saturated heterocycles. The average Bonchev–Trinajstić information content (AvgIpc) is 2.39. The molecule has 0 bridgehead atoms. The van der Waals surface area contributed by atoms with E-state index >= 15 is 0 Å². The van der Waals surface area contributed by atoms with Crippen molar-refractivity contribution in [3.8, 4) is 11.6 Å². The van der Waals surface area contributed by atoms with Crippen LogP contribution in [0.1, 0.15) is 24.7 Å². The molecule has 0 spiro atoms. The highest BCUT2D eigenvalue weighted by Gasteiger charge is 2.07. The van der Waals surface area contributed by atoms with Crippen molar-refractivity contribution < 1.29 is 9.84 Å². The molecular weight excluding hydrogens is 308 g/mol. The van der Waals surface area contributed by atoms with Gasteiger partial charge in [-0.15, -0.1) is 0 Å². The summed E-state index contributed by atoms with van der Waals surface area (Å²) in [5, 5.41) is 9.27. The van der Waals surface area contributed by atoms with E-state index in [-0.39, 0.29) is 6.61 Å². The summed E-state index contributed by atoms with van der Waals surface area (Å²) in [6.45, 7) is 2.01. The Kier molecular flexibility index (Phi) is 4.87. The van der Waals surface area contributed by atoms with E-state index < -0.39 is 0 Å². The highest BCUT2D eigenvalue weighted by atomic mass is 79.9. The summed E-state index contributed by atoms with van der Waals surface area (Å²) in [5.41, 5.74) is 0.731. The number of aliphatic hydroxyl groups is 1. The first-order valence-corrected chi connectivity index (χ1v) is 6.92. The zero-order chi connectivity index (χ0) is 13.7. The predicted octanol–water partition coefficient (Wildman–Crippen LogP) is 3.48. The van der Waals surface area contributed by atoms with Crippen LogP contribution < -0.4 is 4.74 Å². The van der Waals surface area contributed by atoms with E-state index in [4.69, 9.17) is 4.74 Å². The van der Waals surface area contributed by atoms with Gasteiger partial charge in [0.05, 0.1) is 6.61 Å². The molecule has 4 nitrogen and oxygen atoms in total. The molecule has 0 aliphatic heterocycles. The molecule has 2 rings (SSSR count). The van der Waals surface area contributed by atoms with Crippen LogP contribution in [-0.4, -0.2) is 15.1 Å². The van der Waals surface area contributed by atoms with E-state index in [1.54, 1.807) is 12.1 Å². The van der Waals surface area contributed by atoms with Crippen molar-refractivity contribution in [3.63, 3.8) is 0 Å². The second-order valence-electron chi connectivity index (χ2n) is 4.06. The molecule has 0 radical (unpaired) electrons. The molecule has 19 heavy (non-hydrogen) atoms. The monoisotopic (exact) mass is 322 g/mol. The second-order valence-corrected chi connectivity index (χ2v) is 4.88. The largest absolute Gasteiger partial charge is 0.438 e. The van der Waals surface area contributed by atoms with Crippen molar-refractivity contribution in [1.82, 2.24) is 9.97 Å². The lowest BCUT2D eigenvalue weighted by Gasteiger charge is -2.09. The summed E-state index contributed by atoms with van der Waals surface area (Å²) in [6, 6.07) is 9.06. The lowest BCUT2D eigenvalue weighted by molar-refractivity contribution is 0.276. The summed E-state index contributed by atoms with van der Waals surface area (Å²) in [4.78, 5) is 8.63. The molecule has 0 aliphatic carbocycles. The minimum absolute atomic E-state index is 0.0652. The van der Waals surface area contributed by atoms with Crippen LogP contribution in [0, 0.1) is 0 Å². The molecule has 2 aromatic rings. The van der Waals surface area contributed by atoms with Gasteiger partial charge in [-0.25, -0.2) is 4.98 Å². The highest BCUT2D eigenvalue weighted by Crippen LogP contribution is 2.25. The number of aliphatic hydroxyl groups excluding tert-OH is 1. The zero-order valence-corrected chi connectivity index (χ0v) is 12.2. The van der Waals surface area contributed by atoms with Crippen molar-refractivity contribution in [3.05, 3.63) is 46.3 Å². The van der Waals surface area contributed by atoms with Gasteiger partial charge in [-0.05, 0) is 28.4 Å². The topological polar surface area (TPSA) is 55.2 Å². The second kappa shape index (κ2) is 6.63. The Morgan fingerprint density at radius 2 is 2.05 bits per heavy atom. The molecule has 0 aliphatic rings. The van der Waals surface area contributed by atoms with Crippen molar-refractivity contribution in [2.75, 3.05) is 0 Å². The molecule has 0 fully saturated rings. The number of benzene rings is 1. The maximum atomic E-state index is 9.27. The standard InChI is InChI=1S/C14H15BrN2O2/c1-2-5-13-16-12(15)8-14(17-13)19-11-7-4-3-6-10(11)9-18/h3-4,6-8,18H,2,5,9H2,1H3. The third-order valence-electron chi connectivity index (χ3n) is 2.55. The number of hydrogen-bond donors (Lipinski definition) is 1.